The minimum atomic E-state index is -0.294. The second-order valence-corrected chi connectivity index (χ2v) is 16.8. The number of amides is 3. The molecule has 0 aliphatic carbocycles. The van der Waals surface area contributed by atoms with E-state index in [0.29, 0.717) is 51.8 Å². The molecule has 0 saturated carbocycles. The number of ether oxygens (including phenoxy) is 2. The molecule has 0 atom stereocenters. The molecule has 2 aliphatic heterocycles. The number of piperazine rings is 1. The van der Waals surface area contributed by atoms with Crippen LogP contribution >= 0.6 is 0 Å². The van der Waals surface area contributed by atoms with Crippen molar-refractivity contribution in [1.82, 2.24) is 29.9 Å². The Morgan fingerprint density at radius 2 is 1.63 bits per heavy atom. The topological polar surface area (TPSA) is 147 Å². The highest BCUT2D eigenvalue weighted by Gasteiger charge is 2.28. The number of nitrogens with two attached hydrogens (primary N) is 1. The van der Waals surface area contributed by atoms with Crippen molar-refractivity contribution in [2.45, 2.75) is 85.6 Å². The summed E-state index contributed by atoms with van der Waals surface area (Å²) in [5, 5.41) is 8.46. The van der Waals surface area contributed by atoms with Crippen LogP contribution in [0.15, 0.2) is 47.6 Å². The number of methoxy groups -OCH3 is 1. The molecule has 314 valence electrons. The van der Waals surface area contributed by atoms with E-state index in [1.165, 1.54) is 17.1 Å². The fraction of sp³-hybridized carbons (Fsp3) is 0.591. The Labute approximate surface area is 340 Å². The fourth-order valence-corrected chi connectivity index (χ4v) is 7.01. The van der Waals surface area contributed by atoms with Crippen molar-refractivity contribution < 1.29 is 23.9 Å². The van der Waals surface area contributed by atoms with Crippen LogP contribution in [0.5, 0.6) is 5.75 Å². The molecule has 3 heterocycles. The van der Waals surface area contributed by atoms with Gasteiger partial charge >= 0.3 is 0 Å². The molecule has 13 nitrogen and oxygen atoms in total. The summed E-state index contributed by atoms with van der Waals surface area (Å²) in [7, 11) is 1.71. The third-order valence-corrected chi connectivity index (χ3v) is 10.6. The molecule has 0 radical (unpaired) electrons. The molecule has 2 aromatic rings. The number of amidine groups is 1. The largest absolute Gasteiger partial charge is 0.496 e. The molecular formula is C44H68N8O5. The van der Waals surface area contributed by atoms with E-state index in [2.05, 4.69) is 91.3 Å². The van der Waals surface area contributed by atoms with Crippen molar-refractivity contribution in [3.63, 3.8) is 0 Å². The van der Waals surface area contributed by atoms with E-state index < -0.39 is 0 Å². The third kappa shape index (κ3) is 13.6. The molecular weight excluding hydrogens is 721 g/mol. The fourth-order valence-electron chi connectivity index (χ4n) is 7.01. The standard InChI is InChI=1S/C44H68N8O5/c1-9-11-12-19-46-42(48-37(45)13-10-2)41-33(3)18-20-51(41)28-34-14-15-35(27-36(34)56-8)44(6,7)32-57-31-43(4,5)30-47-38(53)29-50-23-21-49(22-24-50)25-26-52-39(54)16-17-40(52)55/h14-18,20,27,46H,3,9-13,19,21-26,28-32H2,1-2,4-8H3,(H2,45,48)(H,47,53)/b42-41+. The summed E-state index contributed by atoms with van der Waals surface area (Å²) < 4.78 is 14.4. The van der Waals surface area contributed by atoms with Crippen LogP contribution in [0.3, 0.4) is 0 Å². The SMILES string of the molecule is C=c1ccn(Cc2ccc(C(C)(C)COCC(C)(C)CNC(=O)CN3CCN(CCN4C(=O)C=CC4=O)CC3)cc2OC)/c1=C(/N=C(/N)CCC)NCCCCC. The quantitative estimate of drug-likeness (QED) is 0.0670. The van der Waals surface area contributed by atoms with Gasteiger partial charge in [0.2, 0.25) is 5.91 Å². The summed E-state index contributed by atoms with van der Waals surface area (Å²) in [5.74, 6) is 1.65. The highest BCUT2D eigenvalue weighted by molar-refractivity contribution is 6.12. The molecule has 2 aliphatic rings. The maximum Gasteiger partial charge on any atom is 0.253 e. The predicted molar refractivity (Wildman–Crippen MR) is 228 cm³/mol. The highest BCUT2D eigenvalue weighted by atomic mass is 16.5. The Morgan fingerprint density at radius 3 is 2.30 bits per heavy atom. The average molecular weight is 789 g/mol. The second-order valence-electron chi connectivity index (χ2n) is 16.8. The van der Waals surface area contributed by atoms with Gasteiger partial charge < -0.3 is 30.4 Å². The van der Waals surface area contributed by atoms with Crippen LogP contribution in [-0.4, -0.2) is 122 Å². The van der Waals surface area contributed by atoms with Gasteiger partial charge in [0.15, 0.2) is 5.82 Å². The van der Waals surface area contributed by atoms with Gasteiger partial charge in [0, 0.05) is 93.5 Å². The summed E-state index contributed by atoms with van der Waals surface area (Å²) in [6.45, 7) is 24.5. The lowest BCUT2D eigenvalue weighted by Gasteiger charge is -2.35. The lowest BCUT2D eigenvalue weighted by atomic mass is 9.84. The molecule has 1 saturated heterocycles. The smallest absolute Gasteiger partial charge is 0.253 e. The second kappa shape index (κ2) is 21.3. The van der Waals surface area contributed by atoms with Crippen LogP contribution in [0, 0.1) is 5.41 Å². The number of hydrogen-bond donors (Lipinski definition) is 3. The molecule has 4 rings (SSSR count). The molecule has 0 spiro atoms. The molecule has 1 fully saturated rings. The van der Waals surface area contributed by atoms with E-state index >= 15 is 0 Å². The van der Waals surface area contributed by atoms with E-state index in [1.54, 1.807) is 7.11 Å². The first-order valence-electron chi connectivity index (χ1n) is 20.6. The van der Waals surface area contributed by atoms with E-state index in [-0.39, 0.29) is 28.6 Å². The van der Waals surface area contributed by atoms with Crippen molar-refractivity contribution in [3.05, 3.63) is 64.3 Å². The Bertz CT molecular complexity index is 1820. The zero-order valence-electron chi connectivity index (χ0n) is 35.6. The summed E-state index contributed by atoms with van der Waals surface area (Å²) in [5.41, 5.74) is 7.90. The molecule has 0 unspecified atom stereocenters. The number of carbonyl (C=O) groups excluding carboxylic acids is 3. The van der Waals surface area contributed by atoms with Crippen molar-refractivity contribution in [1.29, 1.82) is 0 Å². The molecule has 1 aromatic carbocycles. The number of aliphatic imine (C=N–C) groups is 1. The first kappa shape index (κ1) is 45.2. The number of benzene rings is 1. The van der Waals surface area contributed by atoms with E-state index in [1.807, 2.05) is 12.3 Å². The molecule has 0 bridgehead atoms. The molecule has 57 heavy (non-hydrogen) atoms. The van der Waals surface area contributed by atoms with Gasteiger partial charge in [-0.2, -0.15) is 0 Å². The number of imide groups is 1. The molecule has 4 N–H and O–H groups in total. The van der Waals surface area contributed by atoms with Crippen molar-refractivity contribution in [2.24, 2.45) is 16.1 Å². The number of nitrogens with one attached hydrogen (secondary N) is 2. The average Bonchev–Trinajstić information content (AvgIpc) is 3.70. The van der Waals surface area contributed by atoms with Crippen molar-refractivity contribution in [3.8, 4) is 5.75 Å². The van der Waals surface area contributed by atoms with Gasteiger partial charge in [-0.1, -0.05) is 73.1 Å². The predicted octanol–water partition coefficient (Wildman–Crippen LogP) is 2.94. The first-order chi connectivity index (χ1) is 27.2. The summed E-state index contributed by atoms with van der Waals surface area (Å²) >= 11 is 0. The zero-order chi connectivity index (χ0) is 41.6. The third-order valence-electron chi connectivity index (χ3n) is 10.6. The van der Waals surface area contributed by atoms with Gasteiger partial charge in [0.1, 0.15) is 11.6 Å². The molecule has 13 heteroatoms. The van der Waals surface area contributed by atoms with Gasteiger partial charge in [-0.25, -0.2) is 4.99 Å². The minimum absolute atomic E-state index is 0.00691. The van der Waals surface area contributed by atoms with Gasteiger partial charge in [-0.05, 0) is 35.8 Å². The maximum absolute atomic E-state index is 12.9. The summed E-state index contributed by atoms with van der Waals surface area (Å²) in [6.07, 6.45) is 9.67. The maximum atomic E-state index is 12.9. The zero-order valence-corrected chi connectivity index (χ0v) is 35.6. The lowest BCUT2D eigenvalue weighted by molar-refractivity contribution is -0.137. The van der Waals surface area contributed by atoms with E-state index in [0.717, 1.165) is 98.1 Å². The van der Waals surface area contributed by atoms with Gasteiger partial charge in [0.05, 0.1) is 38.8 Å². The van der Waals surface area contributed by atoms with Crippen LogP contribution in [0.2, 0.25) is 0 Å². The number of rotatable bonds is 23. The van der Waals surface area contributed by atoms with Crippen molar-refractivity contribution >= 4 is 36.0 Å². The highest BCUT2D eigenvalue weighted by Crippen LogP contribution is 2.30. The van der Waals surface area contributed by atoms with Crippen LogP contribution in [-0.2, 0) is 31.1 Å². The minimum Gasteiger partial charge on any atom is -0.496 e. The van der Waals surface area contributed by atoms with Gasteiger partial charge in [-0.3, -0.25) is 29.1 Å². The van der Waals surface area contributed by atoms with Gasteiger partial charge in [0.25, 0.3) is 11.8 Å². The Morgan fingerprint density at radius 1 is 0.930 bits per heavy atom. The van der Waals surface area contributed by atoms with Crippen LogP contribution in [0.25, 0.3) is 12.4 Å². The van der Waals surface area contributed by atoms with E-state index in [4.69, 9.17) is 20.2 Å². The van der Waals surface area contributed by atoms with E-state index in [9.17, 15) is 14.4 Å². The van der Waals surface area contributed by atoms with Crippen molar-refractivity contribution in [2.75, 3.05) is 79.2 Å². The van der Waals surface area contributed by atoms with Gasteiger partial charge in [-0.15, -0.1) is 0 Å². The Hall–Kier alpha value is -4.46. The normalized spacial score (nSPS) is 16.4. The lowest BCUT2D eigenvalue weighted by Crippen LogP contribution is -2.51. The number of aromatic nitrogens is 1. The number of unbranched alkanes of at least 4 members (excludes halogenated alkanes) is 2. The number of hydrogen-bond acceptors (Lipinski definition) is 9. The van der Waals surface area contributed by atoms with Crippen LogP contribution < -0.4 is 31.7 Å². The summed E-state index contributed by atoms with van der Waals surface area (Å²) in [4.78, 5) is 47.0. The van der Waals surface area contributed by atoms with Crippen LogP contribution in [0.1, 0.15) is 84.8 Å². The number of carbonyl (C=O) groups is 3. The first-order valence-corrected chi connectivity index (χ1v) is 20.6. The molecule has 1 aromatic heterocycles. The number of nitrogens with zero attached hydrogens (tertiary/aromatic N) is 5. The monoisotopic (exact) mass is 789 g/mol. The summed E-state index contributed by atoms with van der Waals surface area (Å²) in [6, 6.07) is 8.40. The van der Waals surface area contributed by atoms with Crippen LogP contribution in [0.4, 0.5) is 0 Å². The Balaban J connectivity index is 1.28. The Kier molecular flexibility index (Phi) is 16.9. The molecule has 3 amide bonds.